The number of nitrogens with zero attached hydrogens (tertiary/aromatic N) is 2. The summed E-state index contributed by atoms with van der Waals surface area (Å²) in [6, 6.07) is 2.42. The number of hydrogen-bond donors (Lipinski definition) is 0. The van der Waals surface area contributed by atoms with Crippen LogP contribution in [-0.2, 0) is 0 Å². The highest BCUT2D eigenvalue weighted by Crippen LogP contribution is 2.23. The fourth-order valence-corrected chi connectivity index (χ4v) is 1.12. The predicted molar refractivity (Wildman–Crippen MR) is 61.4 cm³/mol. The van der Waals surface area contributed by atoms with E-state index in [0.29, 0.717) is 5.71 Å². The van der Waals surface area contributed by atoms with Gasteiger partial charge in [-0.1, -0.05) is 26.8 Å². The van der Waals surface area contributed by atoms with Crippen molar-refractivity contribution in [3.8, 4) is 6.07 Å². The van der Waals surface area contributed by atoms with Gasteiger partial charge in [0.2, 0.25) is 0 Å². The molecule has 0 rings (SSSR count). The zero-order valence-electron chi connectivity index (χ0n) is 9.67. The Morgan fingerprint density at radius 1 is 1.64 bits per heavy atom. The number of aliphatic imine (C=N–C) groups is 1. The van der Waals surface area contributed by atoms with Crippen molar-refractivity contribution in [2.45, 2.75) is 46.6 Å². The molecule has 0 saturated carbocycles. The zero-order valence-corrected chi connectivity index (χ0v) is 9.67. The molecule has 0 aliphatic heterocycles. The molecule has 0 radical (unpaired) electrons. The molecule has 78 valence electrons. The molecular formula is C12H20N2. The molecule has 0 amide bonds. The molecule has 1 unspecified atom stereocenters. The predicted octanol–water partition coefficient (Wildman–Crippen LogP) is 3.35. The SMILES string of the molecule is C=CCC(C)(C)C(C#N)=NC(C)CC. The van der Waals surface area contributed by atoms with Gasteiger partial charge in [0.15, 0.2) is 0 Å². The van der Waals surface area contributed by atoms with Crippen molar-refractivity contribution >= 4 is 5.71 Å². The summed E-state index contributed by atoms with van der Waals surface area (Å²) in [5, 5.41) is 9.02. The van der Waals surface area contributed by atoms with Crippen LogP contribution in [-0.4, -0.2) is 11.8 Å². The van der Waals surface area contributed by atoms with Crippen LogP contribution < -0.4 is 0 Å². The summed E-state index contributed by atoms with van der Waals surface area (Å²) in [5.74, 6) is 0. The van der Waals surface area contributed by atoms with Crippen molar-refractivity contribution in [2.75, 3.05) is 0 Å². The van der Waals surface area contributed by atoms with E-state index < -0.39 is 0 Å². The summed E-state index contributed by atoms with van der Waals surface area (Å²) in [7, 11) is 0. The molecule has 0 N–H and O–H groups in total. The smallest absolute Gasteiger partial charge is 0.118 e. The number of hydrogen-bond acceptors (Lipinski definition) is 2. The maximum Gasteiger partial charge on any atom is 0.118 e. The van der Waals surface area contributed by atoms with Gasteiger partial charge in [0, 0.05) is 11.5 Å². The maximum atomic E-state index is 9.02. The van der Waals surface area contributed by atoms with Gasteiger partial charge in [0.05, 0.1) is 0 Å². The van der Waals surface area contributed by atoms with Gasteiger partial charge in [-0.25, -0.2) is 0 Å². The van der Waals surface area contributed by atoms with Gasteiger partial charge in [0.25, 0.3) is 0 Å². The second-order valence-electron chi connectivity index (χ2n) is 4.22. The lowest BCUT2D eigenvalue weighted by Gasteiger charge is -2.21. The third kappa shape index (κ3) is 3.74. The molecule has 0 aliphatic carbocycles. The average molecular weight is 192 g/mol. The van der Waals surface area contributed by atoms with E-state index in [1.807, 2.05) is 26.8 Å². The van der Waals surface area contributed by atoms with Crippen molar-refractivity contribution in [3.05, 3.63) is 12.7 Å². The molecule has 0 heterocycles. The molecule has 0 aromatic heterocycles. The molecule has 0 saturated heterocycles. The van der Waals surface area contributed by atoms with E-state index in [-0.39, 0.29) is 11.5 Å². The third-order valence-corrected chi connectivity index (χ3v) is 2.34. The lowest BCUT2D eigenvalue weighted by Crippen LogP contribution is -2.23. The van der Waals surface area contributed by atoms with Crippen molar-refractivity contribution in [1.29, 1.82) is 5.26 Å². The molecule has 2 nitrogen and oxygen atoms in total. The van der Waals surface area contributed by atoms with Crippen molar-refractivity contribution < 1.29 is 0 Å². The Morgan fingerprint density at radius 2 is 2.21 bits per heavy atom. The Balaban J connectivity index is 4.80. The van der Waals surface area contributed by atoms with Crippen molar-refractivity contribution in [3.63, 3.8) is 0 Å². The Hall–Kier alpha value is -1.10. The largest absolute Gasteiger partial charge is 0.275 e. The van der Waals surface area contributed by atoms with Crippen LogP contribution in [0.2, 0.25) is 0 Å². The van der Waals surface area contributed by atoms with E-state index in [2.05, 4.69) is 24.6 Å². The molecule has 0 aliphatic rings. The summed E-state index contributed by atoms with van der Waals surface area (Å²) < 4.78 is 0. The molecule has 2 heteroatoms. The lowest BCUT2D eigenvalue weighted by molar-refractivity contribution is 0.528. The van der Waals surface area contributed by atoms with Gasteiger partial charge < -0.3 is 0 Å². The first kappa shape index (κ1) is 12.9. The fourth-order valence-electron chi connectivity index (χ4n) is 1.12. The summed E-state index contributed by atoms with van der Waals surface area (Å²) in [6.07, 6.45) is 3.59. The van der Waals surface area contributed by atoms with E-state index in [9.17, 15) is 0 Å². The quantitative estimate of drug-likeness (QED) is 0.486. The first-order valence-electron chi connectivity index (χ1n) is 5.07. The van der Waals surface area contributed by atoms with Gasteiger partial charge in [-0.15, -0.1) is 6.58 Å². The first-order chi connectivity index (χ1) is 6.47. The van der Waals surface area contributed by atoms with Crippen LogP contribution in [0.25, 0.3) is 0 Å². The highest BCUT2D eigenvalue weighted by atomic mass is 14.8. The second kappa shape index (κ2) is 5.59. The number of allylic oxidation sites excluding steroid dienone is 1. The minimum Gasteiger partial charge on any atom is -0.275 e. The average Bonchev–Trinajstić information content (AvgIpc) is 2.13. The van der Waals surface area contributed by atoms with Gasteiger partial charge in [0.1, 0.15) is 11.8 Å². The number of nitriles is 1. The van der Waals surface area contributed by atoms with Crippen LogP contribution in [0.3, 0.4) is 0 Å². The summed E-state index contributed by atoms with van der Waals surface area (Å²) in [4.78, 5) is 4.41. The van der Waals surface area contributed by atoms with Crippen molar-refractivity contribution in [1.82, 2.24) is 0 Å². The first-order valence-corrected chi connectivity index (χ1v) is 5.07. The zero-order chi connectivity index (χ0) is 11.2. The van der Waals surface area contributed by atoms with E-state index >= 15 is 0 Å². The molecule has 0 aromatic carbocycles. The summed E-state index contributed by atoms with van der Waals surface area (Å²) in [6.45, 7) is 11.9. The Morgan fingerprint density at radius 3 is 2.57 bits per heavy atom. The third-order valence-electron chi connectivity index (χ3n) is 2.34. The van der Waals surface area contributed by atoms with E-state index in [4.69, 9.17) is 5.26 Å². The van der Waals surface area contributed by atoms with Crippen LogP contribution in [0.5, 0.6) is 0 Å². The van der Waals surface area contributed by atoms with Crippen LogP contribution >= 0.6 is 0 Å². The summed E-state index contributed by atoms with van der Waals surface area (Å²) in [5.41, 5.74) is 0.451. The second-order valence-corrected chi connectivity index (χ2v) is 4.22. The van der Waals surface area contributed by atoms with Gasteiger partial charge in [-0.05, 0) is 19.8 Å². The number of rotatable bonds is 5. The summed E-state index contributed by atoms with van der Waals surface area (Å²) >= 11 is 0. The lowest BCUT2D eigenvalue weighted by atomic mass is 9.84. The normalized spacial score (nSPS) is 14.6. The standard InChI is InChI=1S/C12H20N2/c1-6-8-12(4,5)11(9-13)14-10(3)7-2/h6,10H,1,7-8H2,2-5H3. The highest BCUT2D eigenvalue weighted by Gasteiger charge is 2.23. The van der Waals surface area contributed by atoms with Crippen LogP contribution in [0.15, 0.2) is 17.6 Å². The van der Waals surface area contributed by atoms with Crippen LogP contribution in [0, 0.1) is 16.7 Å². The van der Waals surface area contributed by atoms with Gasteiger partial charge >= 0.3 is 0 Å². The Labute approximate surface area is 87.4 Å². The Kier molecular flexibility index (Phi) is 5.15. The Bertz CT molecular complexity index is 256. The molecular weight excluding hydrogens is 172 g/mol. The molecule has 14 heavy (non-hydrogen) atoms. The molecule has 0 spiro atoms. The molecule has 0 fully saturated rings. The van der Waals surface area contributed by atoms with Gasteiger partial charge in [-0.2, -0.15) is 5.26 Å². The minimum atomic E-state index is -0.181. The molecule has 1 atom stereocenters. The van der Waals surface area contributed by atoms with Crippen LogP contribution in [0.1, 0.15) is 40.5 Å². The van der Waals surface area contributed by atoms with Gasteiger partial charge in [-0.3, -0.25) is 4.99 Å². The maximum absolute atomic E-state index is 9.02. The van der Waals surface area contributed by atoms with E-state index in [0.717, 1.165) is 12.8 Å². The van der Waals surface area contributed by atoms with E-state index in [1.165, 1.54) is 0 Å². The monoisotopic (exact) mass is 192 g/mol. The highest BCUT2D eigenvalue weighted by molar-refractivity contribution is 6.02. The fraction of sp³-hybridized carbons (Fsp3) is 0.667. The topological polar surface area (TPSA) is 36.1 Å². The van der Waals surface area contributed by atoms with Crippen molar-refractivity contribution in [2.24, 2.45) is 10.4 Å². The molecule has 0 bridgehead atoms. The molecule has 0 aromatic rings. The van der Waals surface area contributed by atoms with E-state index in [1.54, 1.807) is 0 Å². The minimum absolute atomic E-state index is 0.181. The van der Waals surface area contributed by atoms with Crippen LogP contribution in [0.4, 0.5) is 0 Å².